The molecule has 0 saturated carbocycles. The van der Waals surface area contributed by atoms with Gasteiger partial charge in [-0.15, -0.1) is 0 Å². The van der Waals surface area contributed by atoms with Gasteiger partial charge < -0.3 is 33.4 Å². The Bertz CT molecular complexity index is 867. The summed E-state index contributed by atoms with van der Waals surface area (Å²) < 4.78 is 1.18. The molecule has 0 unspecified atom stereocenters. The molecule has 2 aromatic heterocycles. The molecule has 0 atom stereocenters. The normalized spacial score (nSPS) is 9.41. The molecule has 11 nitrogen and oxygen atoms in total. The van der Waals surface area contributed by atoms with E-state index in [4.69, 9.17) is 16.6 Å². The molecule has 0 aromatic carbocycles. The number of rotatable bonds is 7. The van der Waals surface area contributed by atoms with Crippen molar-refractivity contribution in [2.24, 2.45) is 5.73 Å². The van der Waals surface area contributed by atoms with Crippen molar-refractivity contribution in [2.45, 2.75) is 46.1 Å². The molecule has 2 rings (SSSR count). The Labute approximate surface area is 191 Å². The Kier molecular flexibility index (Phi) is 16.1. The van der Waals surface area contributed by atoms with Crippen LogP contribution in [0.3, 0.4) is 0 Å². The number of aromatic nitrogens is 4. The molecule has 0 radical (unpaired) electrons. The molecular weight excluding hydrogens is 389 g/mol. The number of nitrogens with two attached hydrogens (primary N) is 2. The van der Waals surface area contributed by atoms with Crippen molar-refractivity contribution in [2.75, 3.05) is 24.6 Å². The second-order valence-electron chi connectivity index (χ2n) is 5.29. The van der Waals surface area contributed by atoms with Gasteiger partial charge in [-0.2, -0.15) is 9.97 Å². The average Bonchev–Trinajstić information content (AvgIpc) is 2.66. The van der Waals surface area contributed by atoms with E-state index >= 15 is 0 Å². The molecule has 29 heavy (non-hydrogen) atoms. The van der Waals surface area contributed by atoms with Crippen LogP contribution in [0.25, 0.3) is 11.0 Å². The fourth-order valence-corrected chi connectivity index (χ4v) is 2.11. The maximum absolute atomic E-state index is 11.8. The Morgan fingerprint density at radius 3 is 2.34 bits per heavy atom. The fourth-order valence-electron chi connectivity index (χ4n) is 2.11. The first kappa shape index (κ1) is 29.3. The number of carbonyl (C=O) groups is 1. The van der Waals surface area contributed by atoms with Crippen LogP contribution in [0.5, 0.6) is 0 Å². The van der Waals surface area contributed by atoms with Crippen LogP contribution in [0.15, 0.2) is 9.59 Å². The summed E-state index contributed by atoms with van der Waals surface area (Å²) in [6.45, 7) is 8.37. The number of carboxylic acid groups (broad SMARTS) is 1. The third-order valence-electron chi connectivity index (χ3n) is 3.41. The molecule has 0 aliphatic rings. The first-order chi connectivity index (χ1) is 13.3. The molecule has 0 aliphatic carbocycles. The number of fused-ring (bicyclic) bond motifs is 1. The van der Waals surface area contributed by atoms with Crippen molar-refractivity contribution in [3.63, 3.8) is 0 Å². The molecule has 158 valence electrons. The van der Waals surface area contributed by atoms with E-state index in [-0.39, 0.29) is 65.3 Å². The van der Waals surface area contributed by atoms with Crippen molar-refractivity contribution < 1.29 is 39.5 Å². The Morgan fingerprint density at radius 2 is 1.86 bits per heavy atom. The third-order valence-corrected chi connectivity index (χ3v) is 3.41. The van der Waals surface area contributed by atoms with Gasteiger partial charge in [-0.25, -0.2) is 4.79 Å². The van der Waals surface area contributed by atoms with Crippen molar-refractivity contribution in [3.05, 3.63) is 27.8 Å². The van der Waals surface area contributed by atoms with E-state index in [1.807, 2.05) is 13.8 Å². The van der Waals surface area contributed by atoms with Gasteiger partial charge >= 0.3 is 41.2 Å². The topological polar surface area (TPSA) is 182 Å². The van der Waals surface area contributed by atoms with E-state index in [2.05, 4.69) is 27.2 Å². The van der Waals surface area contributed by atoms with Crippen LogP contribution in [-0.4, -0.2) is 44.2 Å². The SMILES string of the molecule is CC.NCCCCCC(=O)O.[CH2-]Cn1c(=O)nc(N)c2c(=O)[nH]c(NC)nc21.[Na+]. The van der Waals surface area contributed by atoms with Crippen molar-refractivity contribution in [1.29, 1.82) is 0 Å². The molecule has 12 heteroatoms. The van der Waals surface area contributed by atoms with Crippen LogP contribution >= 0.6 is 0 Å². The number of hydrogen-bond donors (Lipinski definition) is 5. The third kappa shape index (κ3) is 9.39. The summed E-state index contributed by atoms with van der Waals surface area (Å²) in [5.41, 5.74) is 9.89. The minimum atomic E-state index is -0.716. The molecular formula is C17H30N7NaO4. The fraction of sp³-hybridized carbons (Fsp3) is 0.529. The van der Waals surface area contributed by atoms with Gasteiger partial charge in [0.15, 0.2) is 5.65 Å². The molecule has 2 heterocycles. The molecule has 0 spiro atoms. The van der Waals surface area contributed by atoms with Crippen molar-refractivity contribution in [1.82, 2.24) is 19.5 Å². The van der Waals surface area contributed by atoms with Crippen molar-refractivity contribution >= 4 is 28.8 Å². The number of nitrogen functional groups attached to an aromatic ring is 1. The van der Waals surface area contributed by atoms with Crippen LogP contribution < -0.4 is 57.6 Å². The van der Waals surface area contributed by atoms with E-state index in [1.54, 1.807) is 7.05 Å². The van der Waals surface area contributed by atoms with Gasteiger partial charge in [0, 0.05) is 13.5 Å². The smallest absolute Gasteiger partial charge is 0.481 e. The Hall–Kier alpha value is -1.95. The quantitative estimate of drug-likeness (QED) is 0.185. The van der Waals surface area contributed by atoms with E-state index in [9.17, 15) is 14.4 Å². The number of aromatic amines is 1. The first-order valence-corrected chi connectivity index (χ1v) is 9.04. The van der Waals surface area contributed by atoms with E-state index < -0.39 is 17.2 Å². The van der Waals surface area contributed by atoms with E-state index in [1.165, 1.54) is 4.57 Å². The molecule has 0 saturated heterocycles. The van der Waals surface area contributed by atoms with Gasteiger partial charge in [0.1, 0.15) is 11.2 Å². The average molecular weight is 419 g/mol. The van der Waals surface area contributed by atoms with E-state index in [0.717, 1.165) is 19.3 Å². The number of unbranched alkanes of at least 4 members (excludes halogenated alkanes) is 2. The van der Waals surface area contributed by atoms with Gasteiger partial charge in [0.25, 0.3) is 5.56 Å². The number of anilines is 2. The molecule has 0 fully saturated rings. The number of aliphatic carboxylic acids is 1. The molecule has 7 N–H and O–H groups in total. The summed E-state index contributed by atoms with van der Waals surface area (Å²) in [7, 11) is 1.60. The molecule has 0 aliphatic heterocycles. The van der Waals surface area contributed by atoms with Gasteiger partial charge in [0.2, 0.25) is 5.95 Å². The maximum Gasteiger partial charge on any atom is 1.00 e. The molecule has 0 amide bonds. The van der Waals surface area contributed by atoms with Crippen LogP contribution in [0, 0.1) is 6.92 Å². The standard InChI is InChI=1S/C9H11N6O2.C6H13NO2.C2H6.Na/c1-3-15-6-4(5(10)12-9(15)17)7(16)14-8(11-2)13-6;7-5-3-1-2-4-6(8)9;1-2;/h1,3H2,2H3,(H2,10,12,17)(H2,11,13,14,16);1-5,7H2,(H,8,9);1-2H3;/q-1;;;+1. The Balaban J connectivity index is 0. The summed E-state index contributed by atoms with van der Waals surface area (Å²) in [4.78, 5) is 43.4. The largest absolute Gasteiger partial charge is 1.00 e. The van der Waals surface area contributed by atoms with Crippen molar-refractivity contribution in [3.8, 4) is 0 Å². The first-order valence-electron chi connectivity index (χ1n) is 9.04. The van der Waals surface area contributed by atoms with Crippen LogP contribution in [0.4, 0.5) is 11.8 Å². The zero-order valence-corrected chi connectivity index (χ0v) is 19.6. The van der Waals surface area contributed by atoms with Gasteiger partial charge in [0.05, 0.1) is 0 Å². The second-order valence-corrected chi connectivity index (χ2v) is 5.29. The summed E-state index contributed by atoms with van der Waals surface area (Å²) in [6.07, 6.45) is 2.91. The minimum Gasteiger partial charge on any atom is -0.481 e. The number of carboxylic acids is 1. The van der Waals surface area contributed by atoms with Gasteiger partial charge in [-0.1, -0.05) is 26.8 Å². The summed E-state index contributed by atoms with van der Waals surface area (Å²) in [6, 6.07) is 0. The van der Waals surface area contributed by atoms with Crippen LogP contribution in [0.2, 0.25) is 0 Å². The Morgan fingerprint density at radius 1 is 1.24 bits per heavy atom. The zero-order valence-electron chi connectivity index (χ0n) is 17.6. The number of H-pyrrole nitrogens is 1. The zero-order chi connectivity index (χ0) is 21.7. The van der Waals surface area contributed by atoms with Crippen LogP contribution in [-0.2, 0) is 11.3 Å². The molecule has 2 aromatic rings. The summed E-state index contributed by atoms with van der Waals surface area (Å²) in [5, 5.41) is 11.0. The van der Waals surface area contributed by atoms with Crippen LogP contribution in [0.1, 0.15) is 39.5 Å². The predicted octanol–water partition coefficient (Wildman–Crippen LogP) is -2.44. The summed E-state index contributed by atoms with van der Waals surface area (Å²) >= 11 is 0. The monoisotopic (exact) mass is 419 g/mol. The molecule has 0 bridgehead atoms. The van der Waals surface area contributed by atoms with E-state index in [0.29, 0.717) is 6.54 Å². The number of hydrogen-bond acceptors (Lipinski definition) is 8. The summed E-state index contributed by atoms with van der Waals surface area (Å²) in [5.74, 6) is -0.604. The van der Waals surface area contributed by atoms with Gasteiger partial charge in [-0.05, 0) is 19.4 Å². The minimum absolute atomic E-state index is 0. The predicted molar refractivity (Wildman–Crippen MR) is 110 cm³/mol. The maximum atomic E-state index is 11.8. The number of nitrogens with zero attached hydrogens (tertiary/aromatic N) is 3. The van der Waals surface area contributed by atoms with Gasteiger partial charge in [-0.3, -0.25) is 14.6 Å². The second kappa shape index (κ2) is 15.9. The number of nitrogens with one attached hydrogen (secondary N) is 2.